The number of anilines is 3. The zero-order chi connectivity index (χ0) is 47.8. The molecule has 360 valence electrons. The average molecular weight is 1030 g/mol. The molecule has 4 aromatic carbocycles. The topological polar surface area (TPSA) is 204 Å². The van der Waals surface area contributed by atoms with Crippen LogP contribution in [0.4, 0.5) is 37.5 Å². The predicted octanol–water partition coefficient (Wildman–Crippen LogP) is 9.82. The van der Waals surface area contributed by atoms with Crippen LogP contribution >= 0.6 is 34.8 Å². The van der Waals surface area contributed by atoms with E-state index in [9.17, 15) is 29.0 Å². The molecule has 0 aliphatic heterocycles. The number of rotatable bonds is 8. The Morgan fingerprint density at radius 2 is 1.22 bits per heavy atom. The average Bonchev–Trinajstić information content (AvgIpc) is 4.12. The van der Waals surface area contributed by atoms with Gasteiger partial charge in [-0.05, 0) is 72.4 Å². The molecule has 69 heavy (non-hydrogen) atoms. The Balaban J connectivity index is 0.000000395. The van der Waals surface area contributed by atoms with Gasteiger partial charge in [-0.2, -0.15) is 8.78 Å². The van der Waals surface area contributed by atoms with Crippen LogP contribution < -0.4 is 71.9 Å². The van der Waals surface area contributed by atoms with Crippen molar-refractivity contribution in [2.75, 3.05) is 25.3 Å². The molecule has 22 heteroatoms. The van der Waals surface area contributed by atoms with Gasteiger partial charge in [0.2, 0.25) is 22.9 Å². The Kier molecular flexibility index (Phi) is 16.9. The van der Waals surface area contributed by atoms with Gasteiger partial charge < -0.3 is 31.1 Å². The van der Waals surface area contributed by atoms with Gasteiger partial charge in [-0.25, -0.2) is 19.9 Å². The van der Waals surface area contributed by atoms with E-state index in [0.717, 1.165) is 66.5 Å². The Morgan fingerprint density at radius 1 is 0.739 bits per heavy atom. The van der Waals surface area contributed by atoms with E-state index in [-0.39, 0.29) is 98.6 Å². The molecule has 0 amide bonds. The first-order chi connectivity index (χ1) is 32.1. The van der Waals surface area contributed by atoms with Crippen molar-refractivity contribution >= 4 is 85.3 Å². The number of fused-ring (bicyclic) bond motifs is 6. The zero-order valence-electron chi connectivity index (χ0n) is 38.2. The van der Waals surface area contributed by atoms with Crippen molar-refractivity contribution in [2.45, 2.75) is 46.0 Å². The van der Waals surface area contributed by atoms with E-state index in [1.165, 1.54) is 71.9 Å². The maximum Gasteiger partial charge on any atom is 1.00 e. The fourth-order valence-corrected chi connectivity index (χ4v) is 9.18. The molecule has 0 saturated heterocycles. The van der Waals surface area contributed by atoms with Crippen LogP contribution in [0.25, 0.3) is 44.3 Å². The standard InChI is InChI=1S/C23H19ClFN5O3.C16H13Cl2N3.C7H7FN2O3.CH4.K.3H2.H/c1-29-11-15(14-7-6-12-4-3-5-13(12)22(14)29)21-16(24)10-26-23(28-21)27-18-9-19(30(31)32)17(25)8-20(18)33-2;1-21-8-12(14-13(17)7-19-16(18)20-14)11-6-5-9-3-2-4-10(9)15(11)21;1-13-7-2-4(8)6(10(11)12)3-5(7)9;;;;;;/h6-11H,3-5H2,1-2H3,(H,26,27,28);5-8H,2-4H2,1H3;2-3H,9H2,1H3;1H4;;3*1H;/q;;;;+1;;;;-1. The van der Waals surface area contributed by atoms with Gasteiger partial charge in [-0.3, -0.25) is 20.2 Å². The summed E-state index contributed by atoms with van der Waals surface area (Å²) in [4.78, 5) is 36.8. The number of nitrogens with zero attached hydrogens (tertiary/aromatic N) is 8. The summed E-state index contributed by atoms with van der Waals surface area (Å²) in [5.41, 5.74) is 15.4. The third-order valence-corrected chi connectivity index (χ3v) is 12.3. The van der Waals surface area contributed by atoms with Gasteiger partial charge in [0.1, 0.15) is 11.5 Å². The van der Waals surface area contributed by atoms with Crippen LogP contribution in [-0.2, 0) is 39.8 Å². The van der Waals surface area contributed by atoms with Crippen LogP contribution in [-0.4, -0.2) is 53.1 Å². The van der Waals surface area contributed by atoms with Crippen LogP contribution in [0.1, 0.15) is 48.2 Å². The van der Waals surface area contributed by atoms with E-state index in [1.54, 1.807) is 6.20 Å². The molecule has 16 nitrogen and oxygen atoms in total. The number of nitro benzene ring substituents is 2. The van der Waals surface area contributed by atoms with Gasteiger partial charge >= 0.3 is 62.8 Å². The van der Waals surface area contributed by atoms with E-state index in [1.807, 2.05) is 13.2 Å². The first kappa shape index (κ1) is 52.8. The Hall–Kier alpha value is -5.51. The number of nitrogens with one attached hydrogen (secondary N) is 1. The number of hydrogen-bond donors (Lipinski definition) is 2. The molecule has 0 atom stereocenters. The van der Waals surface area contributed by atoms with Crippen LogP contribution in [0.15, 0.2) is 73.3 Å². The number of nitrogen functional groups attached to an aromatic ring is 1. The van der Waals surface area contributed by atoms with E-state index in [4.69, 9.17) is 45.3 Å². The van der Waals surface area contributed by atoms with Gasteiger partial charge in [0.25, 0.3) is 0 Å². The molecule has 10 rings (SSSR count). The second-order valence-electron chi connectivity index (χ2n) is 15.6. The summed E-state index contributed by atoms with van der Waals surface area (Å²) in [6.07, 6.45) is 13.9. The van der Waals surface area contributed by atoms with Gasteiger partial charge in [0.15, 0.2) is 0 Å². The summed E-state index contributed by atoms with van der Waals surface area (Å²) in [5.74, 6) is -1.65. The van der Waals surface area contributed by atoms with Crippen molar-refractivity contribution in [3.05, 3.63) is 143 Å². The molecule has 3 N–H and O–H groups in total. The smallest absolute Gasteiger partial charge is 1.00 e. The molecular weight excluding hydrogens is 984 g/mol. The van der Waals surface area contributed by atoms with E-state index >= 15 is 0 Å². The van der Waals surface area contributed by atoms with E-state index in [0.29, 0.717) is 21.4 Å². The van der Waals surface area contributed by atoms with Crippen molar-refractivity contribution in [1.29, 1.82) is 0 Å². The zero-order valence-corrected chi connectivity index (χ0v) is 42.6. The van der Waals surface area contributed by atoms with Crippen molar-refractivity contribution in [3.63, 3.8) is 0 Å². The maximum atomic E-state index is 14.0. The monoisotopic (exact) mass is 1030 g/mol. The number of hydrogen-bond acceptors (Lipinski definition) is 12. The quantitative estimate of drug-likeness (QED) is 0.0480. The number of nitrogens with two attached hydrogens (primary N) is 1. The molecule has 2 aliphatic carbocycles. The Morgan fingerprint density at radius 3 is 1.72 bits per heavy atom. The number of ether oxygens (including phenoxy) is 2. The second-order valence-corrected chi connectivity index (χ2v) is 16.8. The minimum absolute atomic E-state index is 0. The van der Waals surface area contributed by atoms with Gasteiger partial charge in [0, 0.05) is 76.9 Å². The summed E-state index contributed by atoms with van der Waals surface area (Å²) >= 11 is 18.7. The van der Waals surface area contributed by atoms with Crippen LogP contribution in [0.5, 0.6) is 11.5 Å². The number of nitro groups is 2. The van der Waals surface area contributed by atoms with Crippen molar-refractivity contribution in [2.24, 2.45) is 14.1 Å². The Bertz CT molecular complexity index is 3320. The molecule has 0 saturated carbocycles. The van der Waals surface area contributed by atoms with Gasteiger partial charge in [0.05, 0.1) is 80.3 Å². The fraction of sp³-hybridized carbons (Fsp3) is 0.234. The summed E-state index contributed by atoms with van der Waals surface area (Å²) in [5, 5.41) is 27.6. The molecule has 0 fully saturated rings. The fourth-order valence-electron chi connectivity index (χ4n) is 8.66. The minimum Gasteiger partial charge on any atom is -1.00 e. The van der Waals surface area contributed by atoms with Crippen molar-refractivity contribution in [3.8, 4) is 34.0 Å². The third kappa shape index (κ3) is 10.7. The normalized spacial score (nSPS) is 12.1. The maximum absolute atomic E-state index is 14.0. The largest absolute Gasteiger partial charge is 1.00 e. The second kappa shape index (κ2) is 22.1. The van der Waals surface area contributed by atoms with Gasteiger partial charge in [-0.1, -0.05) is 54.9 Å². The minimum atomic E-state index is -0.997. The van der Waals surface area contributed by atoms with Crippen LogP contribution in [0.3, 0.4) is 0 Å². The SMILES string of the molecule is C.COc1cc(F)c([N+](=O)[O-])cc1N.COc1cc(F)c([N+](=O)[O-])cc1Nc1ncc(Cl)c(-c2cn(C)c3c4c(ccc23)CCC4)n1.Cn1cc(-c2nc(Cl)ncc2Cl)c2ccc3c(c21)CCC3.[H-].[HH].[HH].[HH].[K+]. The van der Waals surface area contributed by atoms with Crippen LogP contribution in [0, 0.1) is 31.9 Å². The van der Waals surface area contributed by atoms with Crippen molar-refractivity contribution in [1.82, 2.24) is 29.1 Å². The molecule has 0 bridgehead atoms. The molecule has 0 unspecified atom stereocenters. The molecular formula is C47H50Cl3F2KN10O6. The first-order valence-electron chi connectivity index (χ1n) is 20.6. The predicted molar refractivity (Wildman–Crippen MR) is 268 cm³/mol. The number of benzene rings is 4. The number of halogens is 5. The van der Waals surface area contributed by atoms with Crippen LogP contribution in [0.2, 0.25) is 15.3 Å². The van der Waals surface area contributed by atoms with Crippen molar-refractivity contribution < 1.29 is 85.2 Å². The number of aryl methyl sites for hydroxylation is 6. The molecule has 4 aromatic heterocycles. The molecule has 0 spiro atoms. The molecule has 4 heterocycles. The molecule has 0 radical (unpaired) electrons. The summed E-state index contributed by atoms with van der Waals surface area (Å²) in [7, 11) is 6.72. The summed E-state index contributed by atoms with van der Waals surface area (Å²) < 4.78 is 41.0. The number of methoxy groups -OCH3 is 2. The summed E-state index contributed by atoms with van der Waals surface area (Å²) in [6, 6.07) is 12.4. The number of aromatic nitrogens is 6. The first-order valence-corrected chi connectivity index (χ1v) is 21.7. The van der Waals surface area contributed by atoms with E-state index in [2.05, 4.69) is 76.6 Å². The molecule has 8 aromatic rings. The third-order valence-electron chi connectivity index (χ3n) is 11.6. The summed E-state index contributed by atoms with van der Waals surface area (Å²) in [6.45, 7) is 0. The van der Waals surface area contributed by atoms with E-state index < -0.39 is 32.9 Å². The Labute approximate surface area is 457 Å². The van der Waals surface area contributed by atoms with Gasteiger partial charge in [-0.15, -0.1) is 0 Å². The molecule has 2 aliphatic rings.